The van der Waals surface area contributed by atoms with Crippen molar-refractivity contribution in [1.29, 1.82) is 0 Å². The van der Waals surface area contributed by atoms with Crippen LogP contribution in [0.15, 0.2) is 44.5 Å². The average molecular weight is 404 g/mol. The Morgan fingerprint density at radius 3 is 2.30 bits per heavy atom. The normalized spacial score (nSPS) is 12.8. The minimum atomic E-state index is -3.70. The van der Waals surface area contributed by atoms with Gasteiger partial charge in [0.05, 0.1) is 5.56 Å². The summed E-state index contributed by atoms with van der Waals surface area (Å²) in [6, 6.07) is 7.02. The van der Waals surface area contributed by atoms with Crippen LogP contribution >= 0.6 is 23.5 Å². The molecule has 0 radical (unpaired) electrons. The van der Waals surface area contributed by atoms with Gasteiger partial charge < -0.3 is 19.3 Å². The molecule has 2 rings (SSSR count). The largest absolute Gasteiger partial charge is 0.368 e. The molecular weight excluding hydrogens is 389 g/mol. The van der Waals surface area contributed by atoms with Crippen molar-refractivity contribution in [1.82, 2.24) is 9.97 Å². The fourth-order valence-corrected chi connectivity index (χ4v) is 3.61. The summed E-state index contributed by atoms with van der Waals surface area (Å²) in [5.41, 5.74) is -0.721. The van der Waals surface area contributed by atoms with Crippen LogP contribution in [0.3, 0.4) is 0 Å². The predicted octanol–water partition coefficient (Wildman–Crippen LogP) is 2.42. The molecule has 1 atom stereocenters. The highest BCUT2D eigenvalue weighted by atomic mass is 79.9. The molecule has 2 aromatic rings. The van der Waals surface area contributed by atoms with Crippen molar-refractivity contribution >= 4 is 29.2 Å². The second-order valence-corrected chi connectivity index (χ2v) is 7.73. The van der Waals surface area contributed by atoms with Crippen LogP contribution in [0.1, 0.15) is 11.3 Å². The van der Waals surface area contributed by atoms with Gasteiger partial charge in [0.25, 0.3) is 5.56 Å². The first-order valence-corrected chi connectivity index (χ1v) is 8.85. The number of H-pyrrole nitrogens is 2. The van der Waals surface area contributed by atoms with Gasteiger partial charge in [-0.1, -0.05) is 15.9 Å². The minimum absolute atomic E-state index is 0.0274. The Morgan fingerprint density at radius 1 is 1.17 bits per heavy atom. The van der Waals surface area contributed by atoms with Crippen LogP contribution in [0.5, 0.6) is 0 Å². The minimum Gasteiger partial charge on any atom is -0.368 e. The van der Waals surface area contributed by atoms with Crippen LogP contribution in [0.25, 0.3) is 0 Å². The highest BCUT2D eigenvalue weighted by Crippen LogP contribution is 2.58. The van der Waals surface area contributed by atoms with Crippen molar-refractivity contribution in [3.63, 3.8) is 0 Å². The number of aromatic nitrogens is 2. The standard InChI is InChI=1S/C13H15BrN3O5P/c1-21-23(20,22-2)12(10-7-15-13(19)17-11(10)18)16-9-5-3-8(14)4-6-9/h3-7,12,16H,1-2H3,(H2,15,17,18,19). The molecule has 0 spiro atoms. The Labute approximate surface area is 139 Å². The lowest BCUT2D eigenvalue weighted by Crippen LogP contribution is -2.29. The van der Waals surface area contributed by atoms with Crippen LogP contribution in [-0.4, -0.2) is 24.2 Å². The molecule has 10 heteroatoms. The van der Waals surface area contributed by atoms with Crippen LogP contribution in [0, 0.1) is 0 Å². The third-order valence-electron chi connectivity index (χ3n) is 3.12. The molecule has 0 saturated heterocycles. The number of aromatic amines is 2. The third kappa shape index (κ3) is 4.00. The Kier molecular flexibility index (Phi) is 5.59. The maximum atomic E-state index is 12.8. The van der Waals surface area contributed by atoms with E-state index in [1.807, 2.05) is 0 Å². The van der Waals surface area contributed by atoms with Crippen LogP contribution in [0.4, 0.5) is 5.69 Å². The van der Waals surface area contributed by atoms with E-state index in [4.69, 9.17) is 9.05 Å². The molecule has 1 aromatic carbocycles. The summed E-state index contributed by atoms with van der Waals surface area (Å²) in [7, 11) is -1.25. The second kappa shape index (κ2) is 7.27. The molecule has 1 unspecified atom stereocenters. The Bertz CT molecular complexity index is 824. The predicted molar refractivity (Wildman–Crippen MR) is 89.8 cm³/mol. The van der Waals surface area contributed by atoms with E-state index >= 15 is 0 Å². The topological polar surface area (TPSA) is 113 Å². The van der Waals surface area contributed by atoms with E-state index in [1.54, 1.807) is 24.3 Å². The van der Waals surface area contributed by atoms with Crippen molar-refractivity contribution in [3.8, 4) is 0 Å². The number of nitrogens with one attached hydrogen (secondary N) is 3. The van der Waals surface area contributed by atoms with Crippen molar-refractivity contribution in [3.05, 3.63) is 61.3 Å². The fourth-order valence-electron chi connectivity index (χ4n) is 1.94. The van der Waals surface area contributed by atoms with E-state index in [0.717, 1.165) is 4.47 Å². The molecule has 3 N–H and O–H groups in total. The van der Waals surface area contributed by atoms with Crippen LogP contribution in [-0.2, 0) is 13.6 Å². The van der Waals surface area contributed by atoms with Crippen molar-refractivity contribution in [2.75, 3.05) is 19.5 Å². The molecule has 0 saturated carbocycles. The Balaban J connectivity index is 2.51. The first kappa shape index (κ1) is 17.7. The molecule has 23 heavy (non-hydrogen) atoms. The lowest BCUT2D eigenvalue weighted by Gasteiger charge is -2.25. The molecule has 0 bridgehead atoms. The SMILES string of the molecule is COP(=O)(OC)C(Nc1ccc(Br)cc1)c1c[nH]c(=O)[nH]c1=O. The summed E-state index contributed by atoms with van der Waals surface area (Å²) in [6.45, 7) is 0. The third-order valence-corrected chi connectivity index (χ3v) is 5.70. The fraction of sp³-hybridized carbons (Fsp3) is 0.231. The van der Waals surface area contributed by atoms with Crippen LogP contribution < -0.4 is 16.6 Å². The first-order chi connectivity index (χ1) is 10.9. The molecule has 1 heterocycles. The number of benzene rings is 1. The monoisotopic (exact) mass is 403 g/mol. The smallest absolute Gasteiger partial charge is 0.356 e. The van der Waals surface area contributed by atoms with E-state index in [9.17, 15) is 14.2 Å². The molecule has 124 valence electrons. The van der Waals surface area contributed by atoms with Gasteiger partial charge in [-0.15, -0.1) is 0 Å². The Morgan fingerprint density at radius 2 is 1.78 bits per heavy atom. The van der Waals surface area contributed by atoms with Crippen molar-refractivity contribution in [2.24, 2.45) is 0 Å². The zero-order valence-corrected chi connectivity index (χ0v) is 14.8. The maximum Gasteiger partial charge on any atom is 0.356 e. The van der Waals surface area contributed by atoms with E-state index in [2.05, 4.69) is 31.2 Å². The highest BCUT2D eigenvalue weighted by Gasteiger charge is 2.37. The Hall–Kier alpha value is -1.67. The van der Waals surface area contributed by atoms with Gasteiger partial charge in [0.15, 0.2) is 5.78 Å². The average Bonchev–Trinajstić information content (AvgIpc) is 2.54. The van der Waals surface area contributed by atoms with Crippen LogP contribution in [0.2, 0.25) is 0 Å². The number of halogens is 1. The van der Waals surface area contributed by atoms with Crippen molar-refractivity contribution < 1.29 is 13.6 Å². The molecule has 0 amide bonds. The van der Waals surface area contributed by atoms with E-state index in [1.165, 1.54) is 20.4 Å². The highest BCUT2D eigenvalue weighted by molar-refractivity contribution is 9.10. The molecule has 0 fully saturated rings. The summed E-state index contributed by atoms with van der Waals surface area (Å²) < 4.78 is 23.7. The molecule has 8 nitrogen and oxygen atoms in total. The summed E-state index contributed by atoms with van der Waals surface area (Å²) in [4.78, 5) is 27.7. The van der Waals surface area contributed by atoms with E-state index in [0.29, 0.717) is 5.69 Å². The molecule has 0 aliphatic heterocycles. The van der Waals surface area contributed by atoms with Gasteiger partial charge in [-0.25, -0.2) is 4.79 Å². The van der Waals surface area contributed by atoms with Gasteiger partial charge in [-0.3, -0.25) is 14.3 Å². The number of rotatable bonds is 6. The van der Waals surface area contributed by atoms with Gasteiger partial charge in [-0.05, 0) is 24.3 Å². The summed E-state index contributed by atoms with van der Waals surface area (Å²) in [5.74, 6) is -1.10. The summed E-state index contributed by atoms with van der Waals surface area (Å²) in [5, 5.41) is 2.95. The van der Waals surface area contributed by atoms with Gasteiger partial charge in [0.2, 0.25) is 0 Å². The zero-order valence-electron chi connectivity index (χ0n) is 12.3. The van der Waals surface area contributed by atoms with Gasteiger partial charge >= 0.3 is 13.3 Å². The molecule has 0 aliphatic rings. The van der Waals surface area contributed by atoms with Crippen molar-refractivity contribution in [2.45, 2.75) is 5.78 Å². The molecule has 1 aromatic heterocycles. The van der Waals surface area contributed by atoms with E-state index in [-0.39, 0.29) is 5.56 Å². The maximum absolute atomic E-state index is 12.8. The quantitative estimate of drug-likeness (QED) is 0.638. The number of anilines is 1. The number of hydrogen-bond donors (Lipinski definition) is 3. The lowest BCUT2D eigenvalue weighted by molar-refractivity contribution is 0.268. The molecular formula is C13H15BrN3O5P. The summed E-state index contributed by atoms with van der Waals surface area (Å²) >= 11 is 3.32. The number of hydrogen-bond acceptors (Lipinski definition) is 6. The molecule has 0 aliphatic carbocycles. The first-order valence-electron chi connectivity index (χ1n) is 6.45. The summed E-state index contributed by atoms with van der Waals surface area (Å²) in [6.07, 6.45) is 1.18. The van der Waals surface area contributed by atoms with Gasteiger partial charge in [-0.2, -0.15) is 0 Å². The lowest BCUT2D eigenvalue weighted by atomic mass is 10.3. The zero-order chi connectivity index (χ0) is 17.0. The van der Waals surface area contributed by atoms with E-state index < -0.39 is 24.6 Å². The van der Waals surface area contributed by atoms with Gasteiger partial charge in [0, 0.05) is 30.6 Å². The second-order valence-electron chi connectivity index (χ2n) is 4.49. The van der Waals surface area contributed by atoms with Gasteiger partial charge in [0.1, 0.15) is 0 Å².